The molecule has 0 saturated carbocycles. The fraction of sp³-hybridized carbons (Fsp3) is 0.429. The molecule has 0 aromatic heterocycles. The second-order valence-corrected chi connectivity index (χ2v) is 7.31. The van der Waals surface area contributed by atoms with E-state index in [9.17, 15) is 4.79 Å². The zero-order chi connectivity index (χ0) is 19.0. The quantitative estimate of drug-likeness (QED) is 0.552. The van der Waals surface area contributed by atoms with Gasteiger partial charge in [-0.2, -0.15) is 0 Å². The lowest BCUT2D eigenvalue weighted by Crippen LogP contribution is -2.43. The number of hydrogen-bond donors (Lipinski definition) is 3. The largest absolute Gasteiger partial charge is 0.357 e. The minimum atomic E-state index is -0.243. The minimum Gasteiger partial charge on any atom is -0.357 e. The van der Waals surface area contributed by atoms with Crippen LogP contribution in [0.25, 0.3) is 10.8 Å². The van der Waals surface area contributed by atoms with Crippen molar-refractivity contribution < 1.29 is 4.79 Å². The average Bonchev–Trinajstić information content (AvgIpc) is 2.58. The second-order valence-electron chi connectivity index (χ2n) is 7.31. The van der Waals surface area contributed by atoms with Crippen LogP contribution in [0.4, 0.5) is 0 Å². The van der Waals surface area contributed by atoms with Gasteiger partial charge in [0.1, 0.15) is 6.54 Å². The number of rotatable bonds is 6. The summed E-state index contributed by atoms with van der Waals surface area (Å²) in [6, 6.07) is 14.8. The van der Waals surface area contributed by atoms with Crippen LogP contribution >= 0.6 is 0 Å². The number of carbonyl (C=O) groups excluding carboxylic acids is 1. The maximum atomic E-state index is 11.9. The first kappa shape index (κ1) is 19.8. The molecule has 2 aromatic carbocycles. The fourth-order valence-corrected chi connectivity index (χ4v) is 2.78. The Morgan fingerprint density at radius 2 is 1.77 bits per heavy atom. The number of nitrogens with one attached hydrogen (secondary N) is 3. The van der Waals surface area contributed by atoms with E-state index in [1.807, 2.05) is 27.7 Å². The van der Waals surface area contributed by atoms with E-state index in [4.69, 9.17) is 0 Å². The predicted molar refractivity (Wildman–Crippen MR) is 110 cm³/mol. The molecule has 0 aliphatic heterocycles. The Hall–Kier alpha value is -2.56. The molecule has 0 heterocycles. The fourth-order valence-electron chi connectivity index (χ4n) is 2.78. The predicted octanol–water partition coefficient (Wildman–Crippen LogP) is 2.85. The summed E-state index contributed by atoms with van der Waals surface area (Å²) in [5.41, 5.74) is 1.06. The van der Waals surface area contributed by atoms with Gasteiger partial charge in [0, 0.05) is 18.6 Å². The third-order valence-electron chi connectivity index (χ3n) is 3.81. The Balaban J connectivity index is 1.93. The van der Waals surface area contributed by atoms with Crippen LogP contribution in [0.5, 0.6) is 0 Å². The molecule has 0 bridgehead atoms. The van der Waals surface area contributed by atoms with Gasteiger partial charge in [0.2, 0.25) is 5.91 Å². The van der Waals surface area contributed by atoms with Crippen molar-refractivity contribution in [1.29, 1.82) is 0 Å². The second kappa shape index (κ2) is 9.22. The molecule has 0 saturated heterocycles. The first-order valence-corrected chi connectivity index (χ1v) is 9.19. The summed E-state index contributed by atoms with van der Waals surface area (Å²) in [4.78, 5) is 16.3. The molecule has 1 amide bonds. The first-order valence-electron chi connectivity index (χ1n) is 9.19. The van der Waals surface area contributed by atoms with Gasteiger partial charge in [0.25, 0.3) is 0 Å². The van der Waals surface area contributed by atoms with Crippen LogP contribution in [0.3, 0.4) is 0 Å². The Labute approximate surface area is 156 Å². The molecular weight excluding hydrogens is 324 g/mol. The SMILES string of the molecule is CCNC(=NCC(=O)NC(C)(C)C)NCCc1cccc2ccccc12. The van der Waals surface area contributed by atoms with Gasteiger partial charge in [-0.25, -0.2) is 4.99 Å². The van der Waals surface area contributed by atoms with Crippen LogP contribution in [-0.4, -0.2) is 37.0 Å². The Morgan fingerprint density at radius 3 is 2.50 bits per heavy atom. The summed E-state index contributed by atoms with van der Waals surface area (Å²) >= 11 is 0. The van der Waals surface area contributed by atoms with E-state index in [2.05, 4.69) is 63.4 Å². The zero-order valence-corrected chi connectivity index (χ0v) is 16.2. The summed E-state index contributed by atoms with van der Waals surface area (Å²) in [5.74, 6) is 0.584. The standard InChI is InChI=1S/C21H30N4O/c1-5-22-20(24-15-19(26)25-21(2,3)4)23-14-13-17-11-8-10-16-9-6-7-12-18(16)17/h6-12H,5,13-15H2,1-4H3,(H,25,26)(H2,22,23,24). The highest BCUT2D eigenvalue weighted by molar-refractivity contribution is 5.86. The molecular formula is C21H30N4O. The molecule has 2 rings (SSSR count). The van der Waals surface area contributed by atoms with Crippen molar-refractivity contribution in [1.82, 2.24) is 16.0 Å². The molecule has 0 fully saturated rings. The summed E-state index contributed by atoms with van der Waals surface area (Å²) in [6.07, 6.45) is 0.889. The van der Waals surface area contributed by atoms with Gasteiger partial charge in [0.15, 0.2) is 5.96 Å². The molecule has 26 heavy (non-hydrogen) atoms. The maximum absolute atomic E-state index is 11.9. The normalized spacial score (nSPS) is 12.1. The van der Waals surface area contributed by atoms with Gasteiger partial charge in [0.05, 0.1) is 0 Å². The summed E-state index contributed by atoms with van der Waals surface area (Å²) in [6.45, 7) is 9.51. The average molecular weight is 354 g/mol. The van der Waals surface area contributed by atoms with Crippen molar-refractivity contribution >= 4 is 22.6 Å². The molecule has 5 heteroatoms. The van der Waals surface area contributed by atoms with Crippen molar-refractivity contribution in [2.45, 2.75) is 39.7 Å². The highest BCUT2D eigenvalue weighted by atomic mass is 16.2. The third kappa shape index (κ3) is 6.39. The van der Waals surface area contributed by atoms with Crippen molar-refractivity contribution in [3.05, 3.63) is 48.0 Å². The smallest absolute Gasteiger partial charge is 0.242 e. The molecule has 2 aromatic rings. The van der Waals surface area contributed by atoms with Gasteiger partial charge in [-0.15, -0.1) is 0 Å². The molecule has 3 N–H and O–H groups in total. The molecule has 0 atom stereocenters. The number of benzene rings is 2. The Kier molecular flexibility index (Phi) is 7.01. The van der Waals surface area contributed by atoms with E-state index in [-0.39, 0.29) is 18.0 Å². The molecule has 0 aliphatic rings. The summed E-state index contributed by atoms with van der Waals surface area (Å²) in [7, 11) is 0. The molecule has 0 unspecified atom stereocenters. The molecule has 0 radical (unpaired) electrons. The van der Waals surface area contributed by atoms with E-state index in [1.165, 1.54) is 16.3 Å². The van der Waals surface area contributed by atoms with E-state index < -0.39 is 0 Å². The molecule has 140 valence electrons. The van der Waals surface area contributed by atoms with Crippen molar-refractivity contribution in [2.75, 3.05) is 19.6 Å². The van der Waals surface area contributed by atoms with Gasteiger partial charge in [-0.1, -0.05) is 42.5 Å². The van der Waals surface area contributed by atoms with Crippen LogP contribution in [0.15, 0.2) is 47.5 Å². The van der Waals surface area contributed by atoms with Crippen LogP contribution < -0.4 is 16.0 Å². The first-order chi connectivity index (χ1) is 12.4. The molecule has 0 spiro atoms. The number of aliphatic imine (C=N–C) groups is 1. The lowest BCUT2D eigenvalue weighted by molar-refractivity contribution is -0.121. The van der Waals surface area contributed by atoms with E-state index in [0.29, 0.717) is 5.96 Å². The van der Waals surface area contributed by atoms with Gasteiger partial charge < -0.3 is 16.0 Å². The molecule has 5 nitrogen and oxygen atoms in total. The number of amides is 1. The van der Waals surface area contributed by atoms with Crippen LogP contribution in [-0.2, 0) is 11.2 Å². The molecule has 0 aliphatic carbocycles. The topological polar surface area (TPSA) is 65.5 Å². The van der Waals surface area contributed by atoms with Crippen LogP contribution in [0.1, 0.15) is 33.3 Å². The number of guanidine groups is 1. The van der Waals surface area contributed by atoms with Crippen LogP contribution in [0, 0.1) is 0 Å². The number of carbonyl (C=O) groups is 1. The van der Waals surface area contributed by atoms with Crippen molar-refractivity contribution in [2.24, 2.45) is 4.99 Å². The number of nitrogens with zero attached hydrogens (tertiary/aromatic N) is 1. The Bertz CT molecular complexity index is 757. The van der Waals surface area contributed by atoms with E-state index in [1.54, 1.807) is 0 Å². The van der Waals surface area contributed by atoms with E-state index in [0.717, 1.165) is 19.5 Å². The number of hydrogen-bond acceptors (Lipinski definition) is 2. The Morgan fingerprint density at radius 1 is 1.04 bits per heavy atom. The van der Waals surface area contributed by atoms with Crippen LogP contribution in [0.2, 0.25) is 0 Å². The minimum absolute atomic E-state index is 0.0799. The van der Waals surface area contributed by atoms with Gasteiger partial charge in [-0.3, -0.25) is 4.79 Å². The highest BCUT2D eigenvalue weighted by Crippen LogP contribution is 2.18. The third-order valence-corrected chi connectivity index (χ3v) is 3.81. The maximum Gasteiger partial charge on any atom is 0.242 e. The van der Waals surface area contributed by atoms with Gasteiger partial charge >= 0.3 is 0 Å². The van der Waals surface area contributed by atoms with Crippen molar-refractivity contribution in [3.8, 4) is 0 Å². The summed E-state index contributed by atoms with van der Waals surface area (Å²) in [5, 5.41) is 11.9. The number of fused-ring (bicyclic) bond motifs is 1. The van der Waals surface area contributed by atoms with Gasteiger partial charge in [-0.05, 0) is 50.5 Å². The lowest BCUT2D eigenvalue weighted by Gasteiger charge is -2.20. The van der Waals surface area contributed by atoms with Crippen molar-refractivity contribution in [3.63, 3.8) is 0 Å². The highest BCUT2D eigenvalue weighted by Gasteiger charge is 2.13. The lowest BCUT2D eigenvalue weighted by atomic mass is 10.0. The zero-order valence-electron chi connectivity index (χ0n) is 16.2. The van der Waals surface area contributed by atoms with E-state index >= 15 is 0 Å². The monoisotopic (exact) mass is 354 g/mol. The summed E-state index contributed by atoms with van der Waals surface area (Å²) < 4.78 is 0.